The number of rotatable bonds is 3. The van der Waals surface area contributed by atoms with Gasteiger partial charge in [0.05, 0.1) is 11.2 Å². The van der Waals surface area contributed by atoms with Gasteiger partial charge in [0.15, 0.2) is 0 Å². The van der Waals surface area contributed by atoms with Crippen molar-refractivity contribution in [1.29, 1.82) is 0 Å². The molecule has 0 amide bonds. The highest BCUT2D eigenvalue weighted by Crippen LogP contribution is 2.28. The maximum atomic E-state index is 4.99. The van der Waals surface area contributed by atoms with E-state index in [-0.39, 0.29) is 0 Å². The fourth-order valence-electron chi connectivity index (χ4n) is 3.17. The van der Waals surface area contributed by atoms with E-state index in [1.165, 1.54) is 33.2 Å². The van der Waals surface area contributed by atoms with Gasteiger partial charge in [-0.25, -0.2) is 0 Å². The minimum absolute atomic E-state index is 0.842. The molecule has 0 fully saturated rings. The second-order valence-corrected chi connectivity index (χ2v) is 6.70. The third kappa shape index (κ3) is 3.32. The first-order valence-corrected chi connectivity index (χ1v) is 8.70. The summed E-state index contributed by atoms with van der Waals surface area (Å²) < 4.78 is 0. The zero-order valence-corrected chi connectivity index (χ0v) is 14.7. The van der Waals surface area contributed by atoms with E-state index < -0.39 is 0 Å². The first-order valence-electron chi connectivity index (χ1n) is 8.70. The lowest BCUT2D eigenvalue weighted by Gasteiger charge is -2.12. The summed E-state index contributed by atoms with van der Waals surface area (Å²) in [4.78, 5) is 4.99. The average molecular weight is 323 g/mol. The fourth-order valence-corrected chi connectivity index (χ4v) is 3.17. The maximum Gasteiger partial charge on any atom is 0.0705 e. The number of hydrogen-bond donors (Lipinski definition) is 0. The van der Waals surface area contributed by atoms with E-state index in [0.717, 1.165) is 17.6 Å². The summed E-state index contributed by atoms with van der Waals surface area (Å²) in [6, 6.07) is 28.1. The molecule has 0 saturated carbocycles. The van der Waals surface area contributed by atoms with Gasteiger partial charge >= 0.3 is 0 Å². The van der Waals surface area contributed by atoms with E-state index in [2.05, 4.69) is 92.7 Å². The highest BCUT2D eigenvalue weighted by molar-refractivity contribution is 5.85. The zero-order valence-electron chi connectivity index (χ0n) is 14.7. The predicted molar refractivity (Wildman–Crippen MR) is 106 cm³/mol. The van der Waals surface area contributed by atoms with Crippen molar-refractivity contribution in [3.8, 4) is 11.1 Å². The van der Waals surface area contributed by atoms with Gasteiger partial charge in [-0.3, -0.25) is 4.98 Å². The van der Waals surface area contributed by atoms with Crippen LogP contribution in [0.3, 0.4) is 0 Å². The summed E-state index contributed by atoms with van der Waals surface area (Å²) >= 11 is 0. The number of nitrogens with zero attached hydrogens (tertiary/aromatic N) is 1. The van der Waals surface area contributed by atoms with Gasteiger partial charge in [0.2, 0.25) is 0 Å². The molecule has 25 heavy (non-hydrogen) atoms. The number of para-hydroxylation sites is 1. The molecular formula is C24H21N. The van der Waals surface area contributed by atoms with Crippen LogP contribution in [0.4, 0.5) is 0 Å². The molecule has 0 aliphatic rings. The number of aryl methyl sites for hydroxylation is 2. The highest BCUT2D eigenvalue weighted by atomic mass is 14.7. The van der Waals surface area contributed by atoms with E-state index in [0.29, 0.717) is 0 Å². The Kier molecular flexibility index (Phi) is 4.07. The smallest absolute Gasteiger partial charge is 0.0705 e. The molecule has 1 aromatic heterocycles. The third-order valence-electron chi connectivity index (χ3n) is 4.66. The van der Waals surface area contributed by atoms with E-state index in [1.54, 1.807) is 0 Å². The van der Waals surface area contributed by atoms with Crippen molar-refractivity contribution >= 4 is 10.9 Å². The Morgan fingerprint density at radius 3 is 2.08 bits per heavy atom. The molecular weight excluding hydrogens is 302 g/mol. The third-order valence-corrected chi connectivity index (χ3v) is 4.66. The Morgan fingerprint density at radius 2 is 1.36 bits per heavy atom. The Morgan fingerprint density at radius 1 is 0.720 bits per heavy atom. The van der Waals surface area contributed by atoms with Crippen LogP contribution < -0.4 is 0 Å². The van der Waals surface area contributed by atoms with Crippen molar-refractivity contribution in [3.05, 3.63) is 101 Å². The van der Waals surface area contributed by atoms with E-state index in [9.17, 15) is 0 Å². The van der Waals surface area contributed by atoms with Crippen LogP contribution in [0, 0.1) is 13.8 Å². The number of aromatic nitrogens is 1. The average Bonchev–Trinajstić information content (AvgIpc) is 2.64. The summed E-state index contributed by atoms with van der Waals surface area (Å²) in [5.41, 5.74) is 8.49. The summed E-state index contributed by atoms with van der Waals surface area (Å²) in [6.45, 7) is 4.24. The molecule has 0 spiro atoms. The summed E-state index contributed by atoms with van der Waals surface area (Å²) in [5, 5.41) is 1.19. The Labute approximate surface area is 149 Å². The van der Waals surface area contributed by atoms with Crippen LogP contribution in [-0.4, -0.2) is 4.98 Å². The predicted octanol–water partition coefficient (Wildman–Crippen LogP) is 6.11. The van der Waals surface area contributed by atoms with Crippen molar-refractivity contribution in [2.45, 2.75) is 20.3 Å². The second-order valence-electron chi connectivity index (χ2n) is 6.70. The molecule has 4 rings (SSSR count). The summed E-state index contributed by atoms with van der Waals surface area (Å²) in [7, 11) is 0. The van der Waals surface area contributed by atoms with Crippen LogP contribution in [-0.2, 0) is 6.42 Å². The minimum Gasteiger partial charge on any atom is -0.252 e. The molecule has 0 radical (unpaired) electrons. The Bertz CT molecular complexity index is 1010. The highest BCUT2D eigenvalue weighted by Gasteiger charge is 2.10. The van der Waals surface area contributed by atoms with Crippen LogP contribution >= 0.6 is 0 Å². The van der Waals surface area contributed by atoms with Crippen molar-refractivity contribution in [2.24, 2.45) is 0 Å². The molecule has 0 saturated heterocycles. The molecule has 0 N–H and O–H groups in total. The van der Waals surface area contributed by atoms with Crippen LogP contribution in [0.2, 0.25) is 0 Å². The Balaban J connectivity index is 1.86. The number of fused-ring (bicyclic) bond motifs is 1. The normalized spacial score (nSPS) is 11.0. The summed E-state index contributed by atoms with van der Waals surface area (Å²) in [5.74, 6) is 0. The molecule has 0 atom stereocenters. The van der Waals surface area contributed by atoms with Crippen LogP contribution in [0.1, 0.15) is 22.4 Å². The topological polar surface area (TPSA) is 12.9 Å². The first-order chi connectivity index (χ1) is 12.2. The Hall–Kier alpha value is -2.93. The maximum absolute atomic E-state index is 4.99. The van der Waals surface area contributed by atoms with Gasteiger partial charge in [0.1, 0.15) is 0 Å². The lowest BCUT2D eigenvalue weighted by molar-refractivity contribution is 1.10. The number of hydrogen-bond acceptors (Lipinski definition) is 1. The van der Waals surface area contributed by atoms with Crippen molar-refractivity contribution in [2.75, 3.05) is 0 Å². The van der Waals surface area contributed by atoms with Crippen LogP contribution in [0.25, 0.3) is 22.0 Å². The SMILES string of the molecule is Cc1ccc(Cc2nc3ccccc3cc2-c2ccc(C)cc2)cc1. The lowest BCUT2D eigenvalue weighted by atomic mass is 9.96. The molecule has 1 nitrogen and oxygen atoms in total. The van der Waals surface area contributed by atoms with Gasteiger partial charge < -0.3 is 0 Å². The number of pyridine rings is 1. The van der Waals surface area contributed by atoms with Gasteiger partial charge in [0.25, 0.3) is 0 Å². The van der Waals surface area contributed by atoms with Gasteiger partial charge in [-0.05, 0) is 37.1 Å². The molecule has 4 aromatic rings. The van der Waals surface area contributed by atoms with E-state index in [1.807, 2.05) is 0 Å². The zero-order chi connectivity index (χ0) is 17.2. The molecule has 0 bridgehead atoms. The van der Waals surface area contributed by atoms with Gasteiger partial charge in [0, 0.05) is 17.4 Å². The molecule has 3 aromatic carbocycles. The fraction of sp³-hybridized carbons (Fsp3) is 0.125. The molecule has 1 heteroatoms. The van der Waals surface area contributed by atoms with Crippen molar-refractivity contribution in [1.82, 2.24) is 4.98 Å². The standard InChI is InChI=1S/C24H21N/c1-17-7-11-19(12-8-17)15-24-22(20-13-9-18(2)10-14-20)16-21-5-3-4-6-23(21)25-24/h3-14,16H,15H2,1-2H3. The van der Waals surface area contributed by atoms with Gasteiger partial charge in [-0.2, -0.15) is 0 Å². The first kappa shape index (κ1) is 15.6. The van der Waals surface area contributed by atoms with E-state index in [4.69, 9.17) is 4.98 Å². The summed E-state index contributed by atoms with van der Waals surface area (Å²) in [6.07, 6.45) is 0.842. The quantitative estimate of drug-likeness (QED) is 0.443. The molecule has 122 valence electrons. The van der Waals surface area contributed by atoms with Gasteiger partial charge in [-0.15, -0.1) is 0 Å². The molecule has 1 heterocycles. The van der Waals surface area contributed by atoms with Crippen LogP contribution in [0.15, 0.2) is 78.9 Å². The van der Waals surface area contributed by atoms with E-state index >= 15 is 0 Å². The largest absolute Gasteiger partial charge is 0.252 e. The lowest BCUT2D eigenvalue weighted by Crippen LogP contribution is -1.97. The molecule has 0 aliphatic carbocycles. The molecule has 0 aliphatic heterocycles. The second kappa shape index (κ2) is 6.52. The van der Waals surface area contributed by atoms with Crippen LogP contribution in [0.5, 0.6) is 0 Å². The monoisotopic (exact) mass is 323 g/mol. The van der Waals surface area contributed by atoms with Gasteiger partial charge in [-0.1, -0.05) is 77.9 Å². The number of benzene rings is 3. The molecule has 0 unspecified atom stereocenters. The minimum atomic E-state index is 0.842. The van der Waals surface area contributed by atoms with Crippen molar-refractivity contribution < 1.29 is 0 Å². The van der Waals surface area contributed by atoms with Crippen molar-refractivity contribution in [3.63, 3.8) is 0 Å².